The number of halogens is 3. The lowest BCUT2D eigenvalue weighted by Crippen LogP contribution is -2.37. The summed E-state index contributed by atoms with van der Waals surface area (Å²) in [4.78, 5) is 11.6. The Hall–Kier alpha value is -2.34. The fourth-order valence-electron chi connectivity index (χ4n) is 1.81. The minimum absolute atomic E-state index is 0.0625. The van der Waals surface area contributed by atoms with E-state index in [4.69, 9.17) is 16.3 Å². The Bertz CT molecular complexity index is 683. The van der Waals surface area contributed by atoms with Crippen molar-refractivity contribution in [3.05, 3.63) is 64.7 Å². The van der Waals surface area contributed by atoms with Gasteiger partial charge in [0.25, 0.3) is 0 Å². The molecule has 0 aliphatic rings. The zero-order valence-corrected chi connectivity index (χ0v) is 12.9. The molecular formula is C16H15ClF2N2O2. The first-order valence-corrected chi connectivity index (χ1v) is 7.26. The van der Waals surface area contributed by atoms with Crippen LogP contribution in [0, 0.1) is 11.6 Å². The average Bonchev–Trinajstić information content (AvgIpc) is 2.51. The summed E-state index contributed by atoms with van der Waals surface area (Å²) in [6.45, 7) is 0.575. The van der Waals surface area contributed by atoms with Gasteiger partial charge in [-0.05, 0) is 29.8 Å². The van der Waals surface area contributed by atoms with E-state index in [2.05, 4.69) is 10.6 Å². The third kappa shape index (κ3) is 5.75. The minimum atomic E-state index is -0.782. The molecule has 2 aromatic carbocycles. The molecule has 2 rings (SSSR count). The van der Waals surface area contributed by atoms with Crippen molar-refractivity contribution in [1.29, 1.82) is 0 Å². The van der Waals surface area contributed by atoms with Gasteiger partial charge in [0.2, 0.25) is 0 Å². The van der Waals surface area contributed by atoms with Gasteiger partial charge in [-0.1, -0.05) is 23.7 Å². The van der Waals surface area contributed by atoms with Gasteiger partial charge in [0.1, 0.15) is 12.4 Å². The topological polar surface area (TPSA) is 50.4 Å². The number of urea groups is 1. The van der Waals surface area contributed by atoms with E-state index in [1.165, 1.54) is 6.07 Å². The lowest BCUT2D eigenvalue weighted by Gasteiger charge is -2.10. The number of carbonyl (C=O) groups is 1. The highest BCUT2D eigenvalue weighted by molar-refractivity contribution is 6.30. The molecule has 0 aliphatic carbocycles. The molecule has 0 heterocycles. The smallest absolute Gasteiger partial charge is 0.315 e. The summed E-state index contributed by atoms with van der Waals surface area (Å²) in [5, 5.41) is 5.82. The fraction of sp³-hybridized carbons (Fsp3) is 0.188. The monoisotopic (exact) mass is 340 g/mol. The van der Waals surface area contributed by atoms with E-state index in [0.29, 0.717) is 11.6 Å². The van der Waals surface area contributed by atoms with Crippen molar-refractivity contribution < 1.29 is 18.3 Å². The van der Waals surface area contributed by atoms with E-state index in [1.807, 2.05) is 6.07 Å². The van der Waals surface area contributed by atoms with Gasteiger partial charge < -0.3 is 15.4 Å². The van der Waals surface area contributed by atoms with Crippen molar-refractivity contribution in [2.45, 2.75) is 6.54 Å². The number of amides is 2. The predicted octanol–water partition coefficient (Wildman–Crippen LogP) is 3.50. The maximum atomic E-state index is 13.3. The van der Waals surface area contributed by atoms with Crippen molar-refractivity contribution in [2.24, 2.45) is 0 Å². The number of rotatable bonds is 6. The maximum absolute atomic E-state index is 13.3. The van der Waals surface area contributed by atoms with Crippen LogP contribution in [0.2, 0.25) is 5.02 Å². The third-order valence-electron chi connectivity index (χ3n) is 2.88. The Labute approximate surface area is 137 Å². The molecule has 0 fully saturated rings. The molecule has 0 bridgehead atoms. The summed E-state index contributed by atoms with van der Waals surface area (Å²) >= 11 is 5.84. The van der Waals surface area contributed by atoms with Crippen LogP contribution < -0.4 is 15.4 Å². The second kappa shape index (κ2) is 8.33. The molecule has 0 unspecified atom stereocenters. The fourth-order valence-corrected chi connectivity index (χ4v) is 2.02. The minimum Gasteiger partial charge on any atom is -0.489 e. The maximum Gasteiger partial charge on any atom is 0.315 e. The van der Waals surface area contributed by atoms with E-state index in [-0.39, 0.29) is 24.9 Å². The summed E-state index contributed by atoms with van der Waals surface area (Å²) < 4.78 is 31.1. The van der Waals surface area contributed by atoms with Crippen molar-refractivity contribution in [1.82, 2.24) is 10.6 Å². The summed E-state index contributed by atoms with van der Waals surface area (Å²) in [5.41, 5.74) is 0.872. The van der Waals surface area contributed by atoms with E-state index in [1.54, 1.807) is 18.2 Å². The van der Waals surface area contributed by atoms with Crippen LogP contribution in [-0.2, 0) is 6.54 Å². The normalized spacial score (nSPS) is 10.2. The molecule has 0 aliphatic heterocycles. The Morgan fingerprint density at radius 1 is 1.13 bits per heavy atom. The van der Waals surface area contributed by atoms with E-state index < -0.39 is 11.6 Å². The molecule has 0 spiro atoms. The molecule has 2 amide bonds. The molecule has 2 N–H and O–H groups in total. The van der Waals surface area contributed by atoms with Crippen LogP contribution in [-0.4, -0.2) is 19.2 Å². The van der Waals surface area contributed by atoms with Crippen molar-refractivity contribution in [3.8, 4) is 5.75 Å². The Balaban J connectivity index is 1.66. The molecule has 7 heteroatoms. The van der Waals surface area contributed by atoms with Crippen LogP contribution in [0.25, 0.3) is 0 Å². The lowest BCUT2D eigenvalue weighted by molar-refractivity contribution is 0.235. The van der Waals surface area contributed by atoms with E-state index in [0.717, 1.165) is 17.7 Å². The molecule has 4 nitrogen and oxygen atoms in total. The molecule has 2 aromatic rings. The second-order valence-electron chi connectivity index (χ2n) is 4.66. The summed E-state index contributed by atoms with van der Waals surface area (Å²) in [7, 11) is 0. The summed E-state index contributed by atoms with van der Waals surface area (Å²) in [5.74, 6) is -1.52. The van der Waals surface area contributed by atoms with Gasteiger partial charge in [-0.15, -0.1) is 0 Å². The summed E-state index contributed by atoms with van der Waals surface area (Å²) in [6.07, 6.45) is 0. The van der Waals surface area contributed by atoms with Gasteiger partial charge in [0.05, 0.1) is 6.54 Å². The molecule has 0 radical (unpaired) electrons. The van der Waals surface area contributed by atoms with Crippen molar-refractivity contribution in [3.63, 3.8) is 0 Å². The lowest BCUT2D eigenvalue weighted by atomic mass is 10.2. The summed E-state index contributed by atoms with van der Waals surface area (Å²) in [6, 6.07) is 9.79. The highest BCUT2D eigenvalue weighted by Gasteiger charge is 2.05. The Morgan fingerprint density at radius 3 is 2.70 bits per heavy atom. The molecule has 0 aromatic heterocycles. The van der Waals surface area contributed by atoms with Gasteiger partial charge in [-0.2, -0.15) is 0 Å². The number of nitrogens with one attached hydrogen (secondary N) is 2. The molecule has 23 heavy (non-hydrogen) atoms. The number of hydrogen-bond acceptors (Lipinski definition) is 2. The zero-order valence-electron chi connectivity index (χ0n) is 12.1. The predicted molar refractivity (Wildman–Crippen MR) is 83.5 cm³/mol. The Morgan fingerprint density at radius 2 is 1.96 bits per heavy atom. The van der Waals surface area contributed by atoms with E-state index in [9.17, 15) is 13.6 Å². The van der Waals surface area contributed by atoms with Crippen LogP contribution in [0.4, 0.5) is 13.6 Å². The Kier molecular flexibility index (Phi) is 6.17. The third-order valence-corrected chi connectivity index (χ3v) is 3.12. The largest absolute Gasteiger partial charge is 0.489 e. The van der Waals surface area contributed by atoms with Gasteiger partial charge in [0, 0.05) is 17.6 Å². The first kappa shape index (κ1) is 17.0. The highest BCUT2D eigenvalue weighted by atomic mass is 35.5. The SMILES string of the molecule is O=C(NCCOc1ccc(F)cc1F)NCc1cccc(Cl)c1. The van der Waals surface area contributed by atoms with Gasteiger partial charge >= 0.3 is 6.03 Å². The van der Waals surface area contributed by atoms with Gasteiger partial charge in [0.15, 0.2) is 11.6 Å². The van der Waals surface area contributed by atoms with Gasteiger partial charge in [-0.25, -0.2) is 13.6 Å². The standard InChI is InChI=1S/C16H15ClF2N2O2/c17-12-3-1-2-11(8-12)10-21-16(22)20-6-7-23-15-5-4-13(18)9-14(15)19/h1-5,8-9H,6-7,10H2,(H2,20,21,22). The van der Waals surface area contributed by atoms with Crippen molar-refractivity contribution in [2.75, 3.05) is 13.2 Å². The van der Waals surface area contributed by atoms with E-state index >= 15 is 0 Å². The van der Waals surface area contributed by atoms with Gasteiger partial charge in [-0.3, -0.25) is 0 Å². The molecule has 0 saturated carbocycles. The number of hydrogen-bond donors (Lipinski definition) is 2. The van der Waals surface area contributed by atoms with Crippen molar-refractivity contribution >= 4 is 17.6 Å². The molecule has 0 saturated heterocycles. The first-order valence-electron chi connectivity index (χ1n) is 6.88. The number of benzene rings is 2. The quantitative estimate of drug-likeness (QED) is 0.791. The first-order chi connectivity index (χ1) is 11.0. The number of carbonyl (C=O) groups excluding carboxylic acids is 1. The average molecular weight is 341 g/mol. The van der Waals surface area contributed by atoms with Crippen LogP contribution in [0.1, 0.15) is 5.56 Å². The van der Waals surface area contributed by atoms with Crippen LogP contribution in [0.3, 0.4) is 0 Å². The molecule has 122 valence electrons. The second-order valence-corrected chi connectivity index (χ2v) is 5.10. The zero-order chi connectivity index (χ0) is 16.7. The highest BCUT2D eigenvalue weighted by Crippen LogP contribution is 2.17. The molecular weight excluding hydrogens is 326 g/mol. The van der Waals surface area contributed by atoms with Crippen LogP contribution >= 0.6 is 11.6 Å². The number of ether oxygens (including phenoxy) is 1. The molecule has 0 atom stereocenters. The van der Waals surface area contributed by atoms with Crippen LogP contribution in [0.15, 0.2) is 42.5 Å². The van der Waals surface area contributed by atoms with Crippen LogP contribution in [0.5, 0.6) is 5.75 Å².